The van der Waals surface area contributed by atoms with E-state index < -0.39 is 11.9 Å². The third-order valence-corrected chi connectivity index (χ3v) is 5.47. The molecule has 1 aromatic heterocycles. The monoisotopic (exact) mass is 360 g/mol. The van der Waals surface area contributed by atoms with Crippen LogP contribution in [0, 0.1) is 6.92 Å². The first kappa shape index (κ1) is 17.6. The van der Waals surface area contributed by atoms with Gasteiger partial charge >= 0.3 is 11.9 Å². The number of hydrogen-bond donors (Lipinski definition) is 1. The molecule has 2 aromatic rings. The number of likely N-dealkylation sites (tertiary alicyclic amines) is 1. The minimum atomic E-state index is -0.918. The molecule has 1 fully saturated rings. The highest BCUT2D eigenvalue weighted by molar-refractivity contribution is 7.12. The Morgan fingerprint density at radius 1 is 1.44 bits per heavy atom. The van der Waals surface area contributed by atoms with Crippen molar-refractivity contribution in [2.24, 2.45) is 0 Å². The molecule has 1 saturated heterocycles. The normalized spacial score (nSPS) is 17.6. The highest BCUT2D eigenvalue weighted by Crippen LogP contribution is 2.36. The van der Waals surface area contributed by atoms with Gasteiger partial charge in [-0.25, -0.2) is 14.6 Å². The average Bonchev–Trinajstić information content (AvgIpc) is 3.20. The van der Waals surface area contributed by atoms with E-state index in [0.29, 0.717) is 17.8 Å². The van der Waals surface area contributed by atoms with Gasteiger partial charge in [-0.15, -0.1) is 11.3 Å². The molecule has 1 N–H and O–H groups in total. The summed E-state index contributed by atoms with van der Waals surface area (Å²) in [6.07, 6.45) is 2.03. The van der Waals surface area contributed by atoms with Crippen LogP contribution < -0.4 is 0 Å². The number of methoxy groups -OCH3 is 1. The lowest BCUT2D eigenvalue weighted by Gasteiger charge is -2.23. The molecule has 3 rings (SSSR count). The Labute approximate surface area is 150 Å². The maximum Gasteiger partial charge on any atom is 0.357 e. The molecule has 0 bridgehead atoms. The average molecular weight is 360 g/mol. The van der Waals surface area contributed by atoms with Crippen LogP contribution in [0.4, 0.5) is 0 Å². The summed E-state index contributed by atoms with van der Waals surface area (Å²) < 4.78 is 4.79. The summed E-state index contributed by atoms with van der Waals surface area (Å²) in [6.45, 7) is 3.47. The second kappa shape index (κ2) is 7.33. The van der Waals surface area contributed by atoms with E-state index in [1.54, 1.807) is 18.2 Å². The van der Waals surface area contributed by atoms with Gasteiger partial charge in [0.1, 0.15) is 5.01 Å². The first-order valence-corrected chi connectivity index (χ1v) is 8.93. The number of ether oxygens (including phenoxy) is 1. The smallest absolute Gasteiger partial charge is 0.357 e. The fraction of sp³-hybridized carbons (Fsp3) is 0.389. The molecule has 0 radical (unpaired) electrons. The molecule has 6 nitrogen and oxygen atoms in total. The SMILES string of the molecule is COC(=O)c1nc(C2CCCN2Cc2cccc(C(=O)O)c2)sc1C. The topological polar surface area (TPSA) is 79.7 Å². The first-order valence-electron chi connectivity index (χ1n) is 8.11. The van der Waals surface area contributed by atoms with Crippen LogP contribution in [0.1, 0.15) is 55.2 Å². The quantitative estimate of drug-likeness (QED) is 0.825. The van der Waals surface area contributed by atoms with Crippen molar-refractivity contribution < 1.29 is 19.4 Å². The van der Waals surface area contributed by atoms with Crippen molar-refractivity contribution in [2.45, 2.75) is 32.4 Å². The van der Waals surface area contributed by atoms with Gasteiger partial charge in [0.05, 0.1) is 18.7 Å². The van der Waals surface area contributed by atoms with Gasteiger partial charge in [0.2, 0.25) is 0 Å². The number of carbonyl (C=O) groups is 2. The lowest BCUT2D eigenvalue weighted by Crippen LogP contribution is -2.23. The van der Waals surface area contributed by atoms with E-state index >= 15 is 0 Å². The Balaban J connectivity index is 1.80. The molecule has 132 valence electrons. The molecule has 25 heavy (non-hydrogen) atoms. The van der Waals surface area contributed by atoms with Crippen molar-refractivity contribution >= 4 is 23.3 Å². The van der Waals surface area contributed by atoms with Gasteiger partial charge in [0.15, 0.2) is 5.69 Å². The number of benzene rings is 1. The number of esters is 1. The zero-order valence-corrected chi connectivity index (χ0v) is 15.0. The minimum Gasteiger partial charge on any atom is -0.478 e. The third-order valence-electron chi connectivity index (χ3n) is 4.40. The molecular formula is C18H20N2O4S. The molecular weight excluding hydrogens is 340 g/mol. The van der Waals surface area contributed by atoms with E-state index in [9.17, 15) is 9.59 Å². The Kier molecular flexibility index (Phi) is 5.15. The number of thiazole rings is 1. The van der Waals surface area contributed by atoms with Crippen LogP contribution in [0.5, 0.6) is 0 Å². The molecule has 1 aliphatic rings. The van der Waals surface area contributed by atoms with Crippen LogP contribution in [0.15, 0.2) is 24.3 Å². The van der Waals surface area contributed by atoms with Crippen molar-refractivity contribution in [3.05, 3.63) is 51.0 Å². The van der Waals surface area contributed by atoms with Crippen LogP contribution in [0.25, 0.3) is 0 Å². The van der Waals surface area contributed by atoms with Crippen molar-refractivity contribution in [1.29, 1.82) is 0 Å². The van der Waals surface area contributed by atoms with Gasteiger partial charge < -0.3 is 9.84 Å². The molecule has 1 aliphatic heterocycles. The summed E-state index contributed by atoms with van der Waals surface area (Å²) in [5, 5.41) is 10.1. The number of hydrogen-bond acceptors (Lipinski definition) is 6. The van der Waals surface area contributed by atoms with E-state index in [-0.39, 0.29) is 6.04 Å². The fourth-order valence-corrected chi connectivity index (χ4v) is 4.26. The number of aromatic nitrogens is 1. The van der Waals surface area contributed by atoms with Gasteiger partial charge in [-0.2, -0.15) is 0 Å². The molecule has 1 unspecified atom stereocenters. The highest BCUT2D eigenvalue weighted by atomic mass is 32.1. The Hall–Kier alpha value is -2.25. The van der Waals surface area contributed by atoms with Crippen LogP contribution in [-0.2, 0) is 11.3 Å². The first-order chi connectivity index (χ1) is 12.0. The third kappa shape index (κ3) is 3.72. The number of carbonyl (C=O) groups excluding carboxylic acids is 1. The van der Waals surface area contributed by atoms with Gasteiger partial charge in [-0.1, -0.05) is 12.1 Å². The van der Waals surface area contributed by atoms with Crippen LogP contribution >= 0.6 is 11.3 Å². The zero-order valence-electron chi connectivity index (χ0n) is 14.2. The number of carboxylic acids is 1. The number of nitrogens with zero attached hydrogens (tertiary/aromatic N) is 2. The van der Waals surface area contributed by atoms with E-state index in [1.807, 2.05) is 13.0 Å². The van der Waals surface area contributed by atoms with E-state index in [0.717, 1.165) is 34.8 Å². The molecule has 1 atom stereocenters. The van der Waals surface area contributed by atoms with E-state index in [1.165, 1.54) is 18.4 Å². The van der Waals surface area contributed by atoms with Crippen molar-refractivity contribution in [1.82, 2.24) is 9.88 Å². The van der Waals surface area contributed by atoms with Crippen molar-refractivity contribution in [2.75, 3.05) is 13.7 Å². The largest absolute Gasteiger partial charge is 0.478 e. The number of aromatic carboxylic acids is 1. The summed E-state index contributed by atoms with van der Waals surface area (Å²) in [6, 6.07) is 7.17. The van der Waals surface area contributed by atoms with Crippen LogP contribution in [0.3, 0.4) is 0 Å². The molecule has 0 spiro atoms. The minimum absolute atomic E-state index is 0.149. The zero-order chi connectivity index (χ0) is 18.0. The molecule has 0 amide bonds. The van der Waals surface area contributed by atoms with Gasteiger partial charge in [-0.05, 0) is 44.0 Å². The summed E-state index contributed by atoms with van der Waals surface area (Å²) >= 11 is 1.53. The number of aryl methyl sites for hydroxylation is 1. The highest BCUT2D eigenvalue weighted by Gasteiger charge is 2.30. The lowest BCUT2D eigenvalue weighted by molar-refractivity contribution is 0.0592. The summed E-state index contributed by atoms with van der Waals surface area (Å²) in [5.74, 6) is -1.32. The van der Waals surface area contributed by atoms with E-state index in [4.69, 9.17) is 9.84 Å². The van der Waals surface area contributed by atoms with Crippen LogP contribution in [0.2, 0.25) is 0 Å². The predicted octanol–water partition coefficient (Wildman–Crippen LogP) is 3.27. The Bertz CT molecular complexity index is 802. The predicted molar refractivity (Wildman–Crippen MR) is 94.0 cm³/mol. The standard InChI is InChI=1S/C18H20N2O4S/c1-11-15(18(23)24-2)19-16(25-11)14-7-4-8-20(14)10-12-5-3-6-13(9-12)17(21)22/h3,5-6,9,14H,4,7-8,10H2,1-2H3,(H,21,22). The maximum atomic E-state index is 11.8. The second-order valence-electron chi connectivity index (χ2n) is 6.08. The molecule has 2 heterocycles. The van der Waals surface area contributed by atoms with Crippen molar-refractivity contribution in [3.8, 4) is 0 Å². The molecule has 1 aromatic carbocycles. The second-order valence-corrected chi connectivity index (χ2v) is 7.32. The molecule has 7 heteroatoms. The van der Waals surface area contributed by atoms with E-state index in [2.05, 4.69) is 9.88 Å². The number of carboxylic acid groups (broad SMARTS) is 1. The summed E-state index contributed by atoms with van der Waals surface area (Å²) in [4.78, 5) is 30.6. The fourth-order valence-electron chi connectivity index (χ4n) is 3.18. The summed E-state index contributed by atoms with van der Waals surface area (Å²) in [7, 11) is 1.36. The molecule has 0 aliphatic carbocycles. The lowest BCUT2D eigenvalue weighted by atomic mass is 10.1. The van der Waals surface area contributed by atoms with Crippen molar-refractivity contribution in [3.63, 3.8) is 0 Å². The van der Waals surface area contributed by atoms with Gasteiger partial charge in [-0.3, -0.25) is 4.90 Å². The molecule has 0 saturated carbocycles. The Morgan fingerprint density at radius 2 is 2.24 bits per heavy atom. The Morgan fingerprint density at radius 3 is 2.96 bits per heavy atom. The summed E-state index contributed by atoms with van der Waals surface area (Å²) in [5.41, 5.74) is 1.65. The van der Waals surface area contributed by atoms with Crippen LogP contribution in [-0.4, -0.2) is 40.6 Å². The maximum absolute atomic E-state index is 11.8. The van der Waals surface area contributed by atoms with Gasteiger partial charge in [0, 0.05) is 11.4 Å². The number of rotatable bonds is 5. The van der Waals surface area contributed by atoms with Gasteiger partial charge in [0.25, 0.3) is 0 Å².